The minimum absolute atomic E-state index is 0.0674. The van der Waals surface area contributed by atoms with Crippen LogP contribution in [-0.2, 0) is 9.53 Å². The molecule has 2 aromatic carbocycles. The van der Waals surface area contributed by atoms with Gasteiger partial charge in [0.25, 0.3) is 5.91 Å². The van der Waals surface area contributed by atoms with Crippen molar-refractivity contribution in [2.24, 2.45) is 0 Å². The van der Waals surface area contributed by atoms with E-state index in [2.05, 4.69) is 5.32 Å². The zero-order chi connectivity index (χ0) is 22.7. The number of carbonyl (C=O) groups excluding carboxylic acids is 2. The van der Waals surface area contributed by atoms with E-state index in [9.17, 15) is 14.0 Å². The molecule has 0 aliphatic carbocycles. The summed E-state index contributed by atoms with van der Waals surface area (Å²) in [6.07, 6.45) is 0. The van der Waals surface area contributed by atoms with Crippen LogP contribution in [0.4, 0.5) is 10.1 Å². The van der Waals surface area contributed by atoms with Crippen LogP contribution >= 0.6 is 11.3 Å². The second-order valence-electron chi connectivity index (χ2n) is 7.35. The zero-order valence-corrected chi connectivity index (χ0v) is 18.5. The van der Waals surface area contributed by atoms with Gasteiger partial charge in [0.05, 0.1) is 31.2 Å². The lowest BCUT2D eigenvalue weighted by Gasteiger charge is -2.41. The molecule has 0 radical (unpaired) electrons. The lowest BCUT2D eigenvalue weighted by atomic mass is 9.81. The number of hydrogen-bond acceptors (Lipinski definition) is 5. The monoisotopic (exact) mass is 454 g/mol. The highest BCUT2D eigenvalue weighted by atomic mass is 32.1. The van der Waals surface area contributed by atoms with Gasteiger partial charge in [-0.1, -0.05) is 24.3 Å². The van der Waals surface area contributed by atoms with Crippen LogP contribution in [0.2, 0.25) is 0 Å². The van der Waals surface area contributed by atoms with Gasteiger partial charge >= 0.3 is 0 Å². The average Bonchev–Trinajstić information content (AvgIpc) is 3.32. The summed E-state index contributed by atoms with van der Waals surface area (Å²) in [6.45, 7) is 0.496. The Morgan fingerprint density at radius 1 is 1.16 bits per heavy atom. The van der Waals surface area contributed by atoms with Gasteiger partial charge in [-0.25, -0.2) is 4.39 Å². The van der Waals surface area contributed by atoms with Crippen LogP contribution in [0.5, 0.6) is 5.75 Å². The predicted molar refractivity (Wildman–Crippen MR) is 121 cm³/mol. The molecule has 0 spiro atoms. The maximum absolute atomic E-state index is 14.8. The Morgan fingerprint density at radius 3 is 2.69 bits per heavy atom. The lowest BCUT2D eigenvalue weighted by molar-refractivity contribution is -0.119. The van der Waals surface area contributed by atoms with Gasteiger partial charge in [0.2, 0.25) is 5.91 Å². The minimum Gasteiger partial charge on any atom is -0.497 e. The number of hydrogen-bond donors (Lipinski definition) is 1. The molecule has 1 aliphatic rings. The molecule has 0 saturated carbocycles. The van der Waals surface area contributed by atoms with Crippen molar-refractivity contribution in [1.82, 2.24) is 4.90 Å². The van der Waals surface area contributed by atoms with E-state index in [1.807, 2.05) is 17.5 Å². The van der Waals surface area contributed by atoms with Gasteiger partial charge < -0.3 is 19.7 Å². The van der Waals surface area contributed by atoms with E-state index in [0.29, 0.717) is 17.0 Å². The van der Waals surface area contributed by atoms with Crippen molar-refractivity contribution in [1.29, 1.82) is 0 Å². The Kier molecular flexibility index (Phi) is 6.53. The van der Waals surface area contributed by atoms with Gasteiger partial charge in [-0.15, -0.1) is 11.3 Å². The van der Waals surface area contributed by atoms with Gasteiger partial charge in [0, 0.05) is 30.3 Å². The van der Waals surface area contributed by atoms with Crippen molar-refractivity contribution in [2.45, 2.75) is 12.0 Å². The van der Waals surface area contributed by atoms with Crippen molar-refractivity contribution in [3.05, 3.63) is 81.8 Å². The largest absolute Gasteiger partial charge is 0.497 e. The fraction of sp³-hybridized carbons (Fsp3) is 0.250. The highest BCUT2D eigenvalue weighted by Crippen LogP contribution is 2.45. The van der Waals surface area contributed by atoms with Crippen molar-refractivity contribution >= 4 is 28.8 Å². The molecule has 1 N–H and O–H groups in total. The Hall–Kier alpha value is -3.23. The Labute approximate surface area is 189 Å². The highest BCUT2D eigenvalue weighted by Gasteiger charge is 2.45. The number of rotatable bonds is 7. The van der Waals surface area contributed by atoms with Crippen LogP contribution in [0.3, 0.4) is 0 Å². The SMILES string of the molecule is COCCN1C(=O)c2c(F)cccc2C(C(=O)Nc2cccc(OC)c2)C1c1cccs1. The number of benzene rings is 2. The van der Waals surface area contributed by atoms with Crippen molar-refractivity contribution in [3.63, 3.8) is 0 Å². The fourth-order valence-electron chi connectivity index (χ4n) is 4.06. The number of fused-ring (bicyclic) bond motifs is 1. The molecule has 1 aromatic heterocycles. The van der Waals surface area contributed by atoms with E-state index in [-0.39, 0.29) is 24.6 Å². The van der Waals surface area contributed by atoms with Crippen LogP contribution in [0.25, 0.3) is 0 Å². The first kappa shape index (κ1) is 22.0. The van der Waals surface area contributed by atoms with Crippen LogP contribution in [-0.4, -0.2) is 44.1 Å². The summed E-state index contributed by atoms with van der Waals surface area (Å²) in [5.41, 5.74) is 0.863. The lowest BCUT2D eigenvalue weighted by Crippen LogP contribution is -2.47. The number of nitrogens with zero attached hydrogens (tertiary/aromatic N) is 1. The molecular weight excluding hydrogens is 431 g/mol. The van der Waals surface area contributed by atoms with E-state index in [1.165, 1.54) is 35.5 Å². The van der Waals surface area contributed by atoms with Gasteiger partial charge in [-0.3, -0.25) is 9.59 Å². The van der Waals surface area contributed by atoms with E-state index in [1.54, 1.807) is 37.4 Å². The molecule has 6 nitrogen and oxygen atoms in total. The summed E-state index contributed by atoms with van der Waals surface area (Å²) < 4.78 is 25.3. The van der Waals surface area contributed by atoms with Crippen LogP contribution in [0.15, 0.2) is 60.0 Å². The van der Waals surface area contributed by atoms with E-state index in [4.69, 9.17) is 9.47 Å². The molecule has 8 heteroatoms. The number of ether oxygens (including phenoxy) is 2. The summed E-state index contributed by atoms with van der Waals surface area (Å²) in [5.74, 6) is -1.62. The number of carbonyl (C=O) groups is 2. The zero-order valence-electron chi connectivity index (χ0n) is 17.7. The molecule has 2 atom stereocenters. The fourth-order valence-corrected chi connectivity index (χ4v) is 4.93. The molecule has 2 heterocycles. The number of amides is 2. The number of nitrogens with one attached hydrogen (secondary N) is 1. The number of anilines is 1. The van der Waals surface area contributed by atoms with Crippen molar-refractivity contribution < 1.29 is 23.5 Å². The second-order valence-corrected chi connectivity index (χ2v) is 8.33. The first-order chi connectivity index (χ1) is 15.5. The molecule has 0 bridgehead atoms. The molecule has 2 amide bonds. The van der Waals surface area contributed by atoms with E-state index in [0.717, 1.165) is 4.88 Å². The Balaban J connectivity index is 1.82. The quantitative estimate of drug-likeness (QED) is 0.572. The third-order valence-electron chi connectivity index (χ3n) is 5.50. The third kappa shape index (κ3) is 4.11. The summed E-state index contributed by atoms with van der Waals surface area (Å²) in [5, 5.41) is 4.82. The number of thiophene rings is 1. The van der Waals surface area contributed by atoms with Crippen molar-refractivity contribution in [3.8, 4) is 5.75 Å². The maximum Gasteiger partial charge on any atom is 0.257 e. The molecular formula is C24H23FN2O4S. The summed E-state index contributed by atoms with van der Waals surface area (Å²) in [6, 6.07) is 14.6. The van der Waals surface area contributed by atoms with Gasteiger partial charge in [-0.05, 0) is 35.2 Å². The summed E-state index contributed by atoms with van der Waals surface area (Å²) in [7, 11) is 3.09. The minimum atomic E-state index is -0.805. The second kappa shape index (κ2) is 9.50. The molecule has 32 heavy (non-hydrogen) atoms. The normalized spacial score (nSPS) is 17.7. The highest BCUT2D eigenvalue weighted by molar-refractivity contribution is 7.10. The van der Waals surface area contributed by atoms with E-state index < -0.39 is 23.7 Å². The summed E-state index contributed by atoms with van der Waals surface area (Å²) in [4.78, 5) is 29.4. The van der Waals surface area contributed by atoms with Crippen LogP contribution < -0.4 is 10.1 Å². The van der Waals surface area contributed by atoms with Gasteiger partial charge in [0.15, 0.2) is 0 Å². The van der Waals surface area contributed by atoms with Gasteiger partial charge in [-0.2, -0.15) is 0 Å². The standard InChI is InChI=1S/C24H23FN2O4S/c1-30-12-11-27-22(19-10-5-13-32-19)21(17-8-4-9-18(25)20(17)24(27)29)23(28)26-15-6-3-7-16(14-15)31-2/h3-10,13-14,21-22H,11-12H2,1-2H3,(H,26,28). The third-order valence-corrected chi connectivity index (χ3v) is 6.44. The molecule has 3 aromatic rings. The Bertz CT molecular complexity index is 1120. The molecule has 4 rings (SSSR count). The topological polar surface area (TPSA) is 67.9 Å². The first-order valence-corrected chi connectivity index (χ1v) is 11.0. The van der Waals surface area contributed by atoms with Crippen LogP contribution in [0.1, 0.15) is 32.8 Å². The predicted octanol–water partition coefficient (Wildman–Crippen LogP) is 4.46. The molecule has 0 fully saturated rings. The summed E-state index contributed by atoms with van der Waals surface area (Å²) >= 11 is 1.45. The number of methoxy groups -OCH3 is 2. The molecule has 166 valence electrons. The first-order valence-electron chi connectivity index (χ1n) is 10.1. The Morgan fingerprint density at radius 2 is 1.97 bits per heavy atom. The average molecular weight is 455 g/mol. The smallest absolute Gasteiger partial charge is 0.257 e. The molecule has 2 unspecified atom stereocenters. The maximum atomic E-state index is 14.8. The number of halogens is 1. The van der Waals surface area contributed by atoms with Crippen LogP contribution in [0, 0.1) is 5.82 Å². The molecule has 1 aliphatic heterocycles. The van der Waals surface area contributed by atoms with Crippen molar-refractivity contribution in [2.75, 3.05) is 32.7 Å². The van der Waals surface area contributed by atoms with E-state index >= 15 is 0 Å². The van der Waals surface area contributed by atoms with Gasteiger partial charge in [0.1, 0.15) is 11.6 Å². The molecule has 0 saturated heterocycles.